The number of piperidine rings is 1. The van der Waals surface area contributed by atoms with E-state index in [-0.39, 0.29) is 25.4 Å². The van der Waals surface area contributed by atoms with Gasteiger partial charge in [-0.05, 0) is 84.9 Å². The van der Waals surface area contributed by atoms with Crippen molar-refractivity contribution in [3.05, 3.63) is 35.9 Å². The third-order valence-electron chi connectivity index (χ3n) is 9.99. The summed E-state index contributed by atoms with van der Waals surface area (Å²) in [7, 11) is -2.05. The fourth-order valence-electron chi connectivity index (χ4n) is 6.74. The van der Waals surface area contributed by atoms with Crippen molar-refractivity contribution in [3.63, 3.8) is 0 Å². The Hall–Kier alpha value is -2.54. The van der Waals surface area contributed by atoms with Gasteiger partial charge in [-0.1, -0.05) is 56.5 Å². The fourth-order valence-corrected chi connectivity index (χ4v) is 7.34. The number of amides is 3. The number of β-amino-alcohol motifs (C(OH)–C–C–N with tert-alkyl or cyclic N) is 1. The molecule has 2 aliphatic rings. The molecule has 0 radical (unpaired) electrons. The molecule has 12 heteroatoms. The van der Waals surface area contributed by atoms with E-state index in [4.69, 9.17) is 0 Å². The predicted molar refractivity (Wildman–Crippen MR) is 185 cm³/mol. The molecule has 1 saturated carbocycles. The van der Waals surface area contributed by atoms with E-state index in [0.29, 0.717) is 24.9 Å². The van der Waals surface area contributed by atoms with E-state index in [2.05, 4.69) is 20.9 Å². The van der Waals surface area contributed by atoms with Gasteiger partial charge in [-0.2, -0.15) is 0 Å². The minimum Gasteiger partial charge on any atom is -0.390 e. The van der Waals surface area contributed by atoms with Crippen LogP contribution in [0.2, 0.25) is 0 Å². The van der Waals surface area contributed by atoms with Gasteiger partial charge in [0.05, 0.1) is 29.5 Å². The van der Waals surface area contributed by atoms with Gasteiger partial charge in [-0.15, -0.1) is 0 Å². The van der Waals surface area contributed by atoms with Crippen LogP contribution in [0.5, 0.6) is 0 Å². The number of aliphatic hydroxyl groups is 1. The Morgan fingerprint density at radius 1 is 1.02 bits per heavy atom. The Balaban J connectivity index is 1.92. The van der Waals surface area contributed by atoms with Gasteiger partial charge in [0.2, 0.25) is 17.7 Å². The molecule has 1 heterocycles. The van der Waals surface area contributed by atoms with Crippen molar-refractivity contribution in [2.45, 2.75) is 115 Å². The van der Waals surface area contributed by atoms with Crippen LogP contribution in [0.15, 0.2) is 30.3 Å². The van der Waals surface area contributed by atoms with Crippen molar-refractivity contribution in [2.24, 2.45) is 11.8 Å². The first-order valence-electron chi connectivity index (χ1n) is 17.1. The van der Waals surface area contributed by atoms with Gasteiger partial charge >= 0.3 is 0 Å². The lowest BCUT2D eigenvalue weighted by Gasteiger charge is -2.47. The zero-order valence-electron chi connectivity index (χ0n) is 29.7. The van der Waals surface area contributed by atoms with E-state index in [1.165, 1.54) is 20.3 Å². The molecule has 1 aromatic rings. The molecule has 1 aromatic carbocycles. The van der Waals surface area contributed by atoms with Crippen LogP contribution in [0, 0.1) is 11.8 Å². The van der Waals surface area contributed by atoms with E-state index >= 15 is 0 Å². The van der Waals surface area contributed by atoms with Crippen LogP contribution in [0.4, 0.5) is 0 Å². The molecule has 3 rings (SSSR count). The molecular formula is C35H59N5O6S. The first-order valence-corrected chi connectivity index (χ1v) is 19.0. The van der Waals surface area contributed by atoms with Gasteiger partial charge in [0.15, 0.2) is 9.84 Å². The third-order valence-corrected chi connectivity index (χ3v) is 12.1. The van der Waals surface area contributed by atoms with Gasteiger partial charge in [0.25, 0.3) is 0 Å². The number of nitrogens with one attached hydrogen (secondary N) is 3. The average Bonchev–Trinajstić information content (AvgIpc) is 2.98. The maximum absolute atomic E-state index is 14.0. The molecule has 11 nitrogen and oxygen atoms in total. The topological polar surface area (TPSA) is 148 Å². The van der Waals surface area contributed by atoms with Crippen LogP contribution < -0.4 is 16.0 Å². The highest BCUT2D eigenvalue weighted by atomic mass is 32.2. The summed E-state index contributed by atoms with van der Waals surface area (Å²) in [5.41, 5.74) is 0.462. The number of likely N-dealkylation sites (tertiary alicyclic amines) is 1. The fraction of sp³-hybridized carbons (Fsp3) is 0.743. The van der Waals surface area contributed by atoms with Crippen LogP contribution in [-0.4, -0.2) is 115 Å². The molecule has 1 aliphatic heterocycles. The monoisotopic (exact) mass is 677 g/mol. The van der Waals surface area contributed by atoms with Crippen LogP contribution in [0.1, 0.15) is 79.2 Å². The largest absolute Gasteiger partial charge is 0.390 e. The number of aliphatic hydroxyl groups excluding tert-OH is 1. The third kappa shape index (κ3) is 11.0. The smallest absolute Gasteiger partial charge is 0.244 e. The Bertz CT molecular complexity index is 1320. The summed E-state index contributed by atoms with van der Waals surface area (Å²) in [6, 6.07) is 6.79. The molecule has 266 valence electrons. The number of hydrogen-bond donors (Lipinski definition) is 4. The standard InChI is InChI=1S/C35H59N5O6S/c1-9-39(7)23-30(42)37-31(35(5,6)47(8,45)46)33(44)36-27(19-24-15-11-10-12-16-24)29(41)22-40-21-26-18-14-13-17-25(26)20-28(40)32(43)38-34(2,3)4/h10-12,15-16,25-29,31,41H,9,13-14,17-23H2,1-8H3,(H,36,44)(H,37,42)(H,38,43)/t25-,26+,27-,28-,29+,31+/m0/s1. The Labute approximate surface area is 282 Å². The number of carbonyl (C=O) groups is 3. The Kier molecular flexibility index (Phi) is 13.4. The van der Waals surface area contributed by atoms with Crippen molar-refractivity contribution in [1.29, 1.82) is 0 Å². The van der Waals surface area contributed by atoms with Crippen molar-refractivity contribution < 1.29 is 27.9 Å². The number of sulfone groups is 1. The van der Waals surface area contributed by atoms with Gasteiger partial charge in [0, 0.05) is 24.9 Å². The second kappa shape index (κ2) is 16.2. The molecular weight excluding hydrogens is 618 g/mol. The highest BCUT2D eigenvalue weighted by Crippen LogP contribution is 2.39. The van der Waals surface area contributed by atoms with Gasteiger partial charge in [-0.3, -0.25) is 24.2 Å². The van der Waals surface area contributed by atoms with E-state index < -0.39 is 56.2 Å². The minimum atomic E-state index is -3.81. The summed E-state index contributed by atoms with van der Waals surface area (Å²) in [5, 5.41) is 20.6. The second-order valence-electron chi connectivity index (χ2n) is 15.3. The second-order valence-corrected chi connectivity index (χ2v) is 17.9. The average molecular weight is 678 g/mol. The van der Waals surface area contributed by atoms with Gasteiger partial charge in [0.1, 0.15) is 6.04 Å². The van der Waals surface area contributed by atoms with Crippen molar-refractivity contribution >= 4 is 27.6 Å². The molecule has 3 amide bonds. The maximum atomic E-state index is 14.0. The lowest BCUT2D eigenvalue weighted by atomic mass is 9.72. The van der Waals surface area contributed by atoms with Gasteiger partial charge in [-0.25, -0.2) is 8.42 Å². The number of carbonyl (C=O) groups excluding carboxylic acids is 3. The molecule has 2 fully saturated rings. The lowest BCUT2D eigenvalue weighted by molar-refractivity contribution is -0.133. The van der Waals surface area contributed by atoms with Crippen LogP contribution in [0.25, 0.3) is 0 Å². The van der Waals surface area contributed by atoms with Crippen molar-refractivity contribution in [3.8, 4) is 0 Å². The highest BCUT2D eigenvalue weighted by molar-refractivity contribution is 7.92. The zero-order chi connectivity index (χ0) is 35.2. The van der Waals surface area contributed by atoms with Crippen LogP contribution in [0.3, 0.4) is 0 Å². The van der Waals surface area contributed by atoms with Crippen molar-refractivity contribution in [2.75, 3.05) is 39.5 Å². The summed E-state index contributed by atoms with van der Waals surface area (Å²) in [6.07, 6.45) is 5.45. The molecule has 47 heavy (non-hydrogen) atoms. The molecule has 0 spiro atoms. The molecule has 1 aliphatic carbocycles. The molecule has 0 unspecified atom stereocenters. The summed E-state index contributed by atoms with van der Waals surface area (Å²) in [4.78, 5) is 44.4. The first kappa shape index (κ1) is 38.9. The Morgan fingerprint density at radius 3 is 2.21 bits per heavy atom. The maximum Gasteiger partial charge on any atom is 0.244 e. The van der Waals surface area contributed by atoms with E-state index in [1.54, 1.807) is 11.9 Å². The SMILES string of the molecule is CCN(C)CC(=O)N[C@H](C(=O)N[C@@H](Cc1ccccc1)[C@H](O)CN1C[C@H]2CCCC[C@H]2C[C@H]1C(=O)NC(C)(C)C)C(C)(C)S(C)(=O)=O. The zero-order valence-corrected chi connectivity index (χ0v) is 30.5. The van der Waals surface area contributed by atoms with Crippen molar-refractivity contribution in [1.82, 2.24) is 25.8 Å². The number of likely N-dealkylation sites (N-methyl/N-ethyl adjacent to an activating group) is 1. The highest BCUT2D eigenvalue weighted by Gasteiger charge is 2.46. The van der Waals surface area contributed by atoms with Crippen LogP contribution >= 0.6 is 0 Å². The number of hydrogen-bond acceptors (Lipinski definition) is 8. The summed E-state index contributed by atoms with van der Waals surface area (Å²) in [5.74, 6) is -0.335. The summed E-state index contributed by atoms with van der Waals surface area (Å²) in [6.45, 7) is 12.0. The summed E-state index contributed by atoms with van der Waals surface area (Å²) < 4.78 is 24.2. The van der Waals surface area contributed by atoms with Gasteiger partial charge < -0.3 is 21.1 Å². The normalized spacial score (nSPS) is 22.9. The quantitative estimate of drug-likeness (QED) is 0.234. The first-order chi connectivity index (χ1) is 21.8. The van der Waals surface area contributed by atoms with E-state index in [9.17, 15) is 27.9 Å². The van der Waals surface area contributed by atoms with E-state index in [1.807, 2.05) is 58.0 Å². The molecule has 6 atom stereocenters. The molecule has 1 saturated heterocycles. The molecule has 0 bridgehead atoms. The summed E-state index contributed by atoms with van der Waals surface area (Å²) >= 11 is 0. The minimum absolute atomic E-state index is 0.00860. The van der Waals surface area contributed by atoms with E-state index in [0.717, 1.165) is 37.5 Å². The lowest BCUT2D eigenvalue weighted by Crippen LogP contribution is -2.64. The number of benzene rings is 1. The predicted octanol–water partition coefficient (Wildman–Crippen LogP) is 2.13. The molecule has 4 N–H and O–H groups in total. The Morgan fingerprint density at radius 2 is 1.64 bits per heavy atom. The van der Waals surface area contributed by atoms with Crippen LogP contribution in [-0.2, 0) is 30.6 Å². The molecule has 0 aromatic heterocycles. The number of fused-ring (bicyclic) bond motifs is 1. The number of nitrogens with zero attached hydrogens (tertiary/aromatic N) is 2. The number of rotatable bonds is 14.